The van der Waals surface area contributed by atoms with E-state index in [0.717, 1.165) is 6.07 Å². The predicted molar refractivity (Wildman–Crippen MR) is 125 cm³/mol. The van der Waals surface area contributed by atoms with Gasteiger partial charge in [0.25, 0.3) is 5.56 Å². The summed E-state index contributed by atoms with van der Waals surface area (Å²) in [5, 5.41) is 10.7. The number of nitrogens with zero attached hydrogens (tertiary/aromatic N) is 8. The molecule has 4 heterocycles. The van der Waals surface area contributed by atoms with Gasteiger partial charge in [-0.1, -0.05) is 18.5 Å². The van der Waals surface area contributed by atoms with Crippen LogP contribution in [0.25, 0.3) is 16.9 Å². The number of fused-ring (bicyclic) bond motifs is 1. The van der Waals surface area contributed by atoms with Crippen LogP contribution in [-0.4, -0.2) is 58.1 Å². The number of ether oxygens (including phenoxy) is 1. The van der Waals surface area contributed by atoms with E-state index in [1.807, 2.05) is 0 Å². The van der Waals surface area contributed by atoms with E-state index in [4.69, 9.17) is 22.1 Å². The van der Waals surface area contributed by atoms with E-state index in [2.05, 4.69) is 30.5 Å². The molecule has 0 saturated heterocycles. The van der Waals surface area contributed by atoms with Gasteiger partial charge in [-0.05, 0) is 29.0 Å². The van der Waals surface area contributed by atoms with Gasteiger partial charge in [-0.15, -0.1) is 5.10 Å². The summed E-state index contributed by atoms with van der Waals surface area (Å²) in [6.07, 6.45) is 3.90. The highest BCUT2D eigenvalue weighted by Gasteiger charge is 2.37. The smallest absolute Gasteiger partial charge is 0.329 e. The third kappa shape index (κ3) is 4.42. The lowest BCUT2D eigenvalue weighted by Gasteiger charge is -2.15. The van der Waals surface area contributed by atoms with E-state index < -0.39 is 35.8 Å². The predicted octanol–water partition coefficient (Wildman–Crippen LogP) is 1.53. The molecule has 0 amide bonds. The minimum absolute atomic E-state index is 0.000860. The number of anilines is 1. The van der Waals surface area contributed by atoms with Crippen LogP contribution in [0, 0.1) is 5.82 Å². The molecule has 2 unspecified atom stereocenters. The Morgan fingerprint density at radius 3 is 2.73 bits per heavy atom. The second kappa shape index (κ2) is 9.46. The summed E-state index contributed by atoms with van der Waals surface area (Å²) in [6, 6.07) is 2.92. The van der Waals surface area contributed by atoms with E-state index in [9.17, 15) is 14.4 Å². The summed E-state index contributed by atoms with van der Waals surface area (Å²) in [6.45, 7) is 1.19. The lowest BCUT2D eigenvalue weighted by atomic mass is 10.1. The molecule has 0 radical (unpaired) electrons. The van der Waals surface area contributed by atoms with Crippen molar-refractivity contribution in [2.45, 2.75) is 25.3 Å². The van der Waals surface area contributed by atoms with E-state index in [0.29, 0.717) is 0 Å². The third-order valence-corrected chi connectivity index (χ3v) is 6.14. The standard InChI is InChI=1S/C22H17ClFN9O4/c1-10-4-15(21(36)37-8-16(34)11-6-26-22(25)27-7-11)33-17(35)5-13(29-20(10)33)18-14(32-9-28-30-31-32)3-2-12(23)19(18)24/h2-3,5-7,9-10,15H,4,8H2,1H3,(H2,25,26,27). The van der Waals surface area contributed by atoms with Crippen molar-refractivity contribution in [1.82, 2.24) is 39.7 Å². The first-order valence-corrected chi connectivity index (χ1v) is 11.2. The van der Waals surface area contributed by atoms with Crippen molar-refractivity contribution < 1.29 is 18.7 Å². The van der Waals surface area contributed by atoms with Crippen LogP contribution >= 0.6 is 11.6 Å². The summed E-state index contributed by atoms with van der Waals surface area (Å²) in [7, 11) is 0. The number of esters is 1. The summed E-state index contributed by atoms with van der Waals surface area (Å²) >= 11 is 6.01. The molecule has 5 rings (SSSR count). The SMILES string of the molecule is CC1CC(C(=O)OCC(=O)c2cnc(N)nc2)n2c1nc(-c1c(-n3cnnn3)ccc(Cl)c1F)cc2=O. The Labute approximate surface area is 212 Å². The minimum Gasteiger partial charge on any atom is -0.456 e. The monoisotopic (exact) mass is 525 g/mol. The number of hydrogen-bond donors (Lipinski definition) is 1. The lowest BCUT2D eigenvalue weighted by Crippen LogP contribution is -2.30. The number of halogens is 2. The van der Waals surface area contributed by atoms with Gasteiger partial charge in [0.1, 0.15) is 18.2 Å². The number of carbonyl (C=O) groups is 2. The van der Waals surface area contributed by atoms with Crippen molar-refractivity contribution in [3.05, 3.63) is 69.5 Å². The molecule has 0 spiro atoms. The van der Waals surface area contributed by atoms with Crippen molar-refractivity contribution in [3.63, 3.8) is 0 Å². The quantitative estimate of drug-likeness (QED) is 0.285. The average molecular weight is 526 g/mol. The first kappa shape index (κ1) is 24.1. The molecule has 3 aromatic heterocycles. The van der Waals surface area contributed by atoms with Crippen LogP contribution < -0.4 is 11.3 Å². The largest absolute Gasteiger partial charge is 0.456 e. The number of rotatable bonds is 6. The Morgan fingerprint density at radius 2 is 2.03 bits per heavy atom. The number of benzene rings is 1. The highest BCUT2D eigenvalue weighted by molar-refractivity contribution is 6.31. The molecule has 1 aromatic carbocycles. The molecule has 4 aromatic rings. The van der Waals surface area contributed by atoms with Crippen molar-refractivity contribution in [1.29, 1.82) is 0 Å². The molecule has 13 nitrogen and oxygen atoms in total. The van der Waals surface area contributed by atoms with Gasteiger partial charge in [-0.25, -0.2) is 24.1 Å². The molecule has 1 aliphatic heterocycles. The van der Waals surface area contributed by atoms with Gasteiger partial charge in [0, 0.05) is 24.4 Å². The first-order valence-electron chi connectivity index (χ1n) is 10.9. The molecule has 0 saturated carbocycles. The van der Waals surface area contributed by atoms with Gasteiger partial charge in [-0.3, -0.25) is 14.2 Å². The second-order valence-corrected chi connectivity index (χ2v) is 8.64. The number of Topliss-reactive ketones (excluding diaryl/α,β-unsaturated/α-hetero) is 1. The molecule has 37 heavy (non-hydrogen) atoms. The van der Waals surface area contributed by atoms with Gasteiger partial charge in [0.15, 0.2) is 12.4 Å². The normalized spacial score (nSPS) is 16.4. The van der Waals surface area contributed by atoms with E-state index in [1.54, 1.807) is 6.92 Å². The fourth-order valence-electron chi connectivity index (χ4n) is 4.09. The molecule has 0 aliphatic carbocycles. The van der Waals surface area contributed by atoms with E-state index in [1.165, 1.54) is 40.1 Å². The number of carbonyl (C=O) groups excluding carboxylic acids is 2. The average Bonchev–Trinajstić information content (AvgIpc) is 3.53. The van der Waals surface area contributed by atoms with Crippen LogP contribution in [0.4, 0.5) is 10.3 Å². The summed E-state index contributed by atoms with van der Waals surface area (Å²) in [5.74, 6) is -2.23. The van der Waals surface area contributed by atoms with Gasteiger partial charge >= 0.3 is 5.97 Å². The number of tetrazole rings is 1. The highest BCUT2D eigenvalue weighted by atomic mass is 35.5. The van der Waals surface area contributed by atoms with Crippen molar-refractivity contribution >= 4 is 29.3 Å². The number of nitrogens with two attached hydrogens (primary N) is 1. The second-order valence-electron chi connectivity index (χ2n) is 8.23. The molecule has 15 heteroatoms. The van der Waals surface area contributed by atoms with Gasteiger partial charge < -0.3 is 10.5 Å². The first-order chi connectivity index (χ1) is 17.7. The fourth-order valence-corrected chi connectivity index (χ4v) is 4.25. The third-order valence-electron chi connectivity index (χ3n) is 5.84. The Morgan fingerprint density at radius 1 is 1.27 bits per heavy atom. The Hall–Kier alpha value is -4.59. The van der Waals surface area contributed by atoms with E-state index in [-0.39, 0.29) is 51.6 Å². The maximum atomic E-state index is 15.2. The summed E-state index contributed by atoms with van der Waals surface area (Å²) in [5.41, 5.74) is 5.06. The molecule has 1 aliphatic rings. The van der Waals surface area contributed by atoms with Crippen molar-refractivity contribution in [3.8, 4) is 16.9 Å². The van der Waals surface area contributed by atoms with Crippen molar-refractivity contribution in [2.75, 3.05) is 12.3 Å². The highest BCUT2D eigenvalue weighted by Crippen LogP contribution is 2.37. The molecule has 2 N–H and O–H groups in total. The lowest BCUT2D eigenvalue weighted by molar-refractivity contribution is -0.146. The Balaban J connectivity index is 1.45. The zero-order valence-electron chi connectivity index (χ0n) is 19.1. The molecule has 188 valence electrons. The number of aromatic nitrogens is 8. The number of nitrogen functional groups attached to an aromatic ring is 1. The number of ketones is 1. The maximum Gasteiger partial charge on any atom is 0.329 e. The van der Waals surface area contributed by atoms with Crippen molar-refractivity contribution in [2.24, 2.45) is 0 Å². The van der Waals surface area contributed by atoms with Gasteiger partial charge in [0.2, 0.25) is 11.7 Å². The zero-order chi connectivity index (χ0) is 26.3. The minimum atomic E-state index is -1.02. The van der Waals surface area contributed by atoms with Crippen LogP contribution in [0.5, 0.6) is 0 Å². The van der Waals surface area contributed by atoms with Crippen LogP contribution in [-0.2, 0) is 9.53 Å². The maximum absolute atomic E-state index is 15.2. The topological polar surface area (TPSA) is 174 Å². The Bertz CT molecular complexity index is 1570. The number of hydrogen-bond acceptors (Lipinski definition) is 11. The molecular weight excluding hydrogens is 509 g/mol. The fraction of sp³-hybridized carbons (Fsp3) is 0.227. The van der Waals surface area contributed by atoms with Crippen LogP contribution in [0.2, 0.25) is 5.02 Å². The van der Waals surface area contributed by atoms with Crippen LogP contribution in [0.3, 0.4) is 0 Å². The molecule has 0 bridgehead atoms. The summed E-state index contributed by atoms with van der Waals surface area (Å²) in [4.78, 5) is 50.3. The van der Waals surface area contributed by atoms with Crippen LogP contribution in [0.1, 0.15) is 41.5 Å². The van der Waals surface area contributed by atoms with E-state index >= 15 is 4.39 Å². The van der Waals surface area contributed by atoms with Crippen LogP contribution in [0.15, 0.2) is 41.7 Å². The molecule has 2 atom stereocenters. The molecule has 0 fully saturated rings. The molecular formula is C22H17ClFN9O4. The zero-order valence-corrected chi connectivity index (χ0v) is 19.8. The Kier molecular flexibility index (Phi) is 6.17. The summed E-state index contributed by atoms with van der Waals surface area (Å²) < 4.78 is 22.8. The van der Waals surface area contributed by atoms with Gasteiger partial charge in [0.05, 0.1) is 27.5 Å². The van der Waals surface area contributed by atoms with Gasteiger partial charge in [-0.2, -0.15) is 4.68 Å².